The summed E-state index contributed by atoms with van der Waals surface area (Å²) in [6, 6.07) is 7.57. The van der Waals surface area contributed by atoms with Crippen LogP contribution in [0.15, 0.2) is 30.5 Å². The number of alkyl halides is 3. The predicted molar refractivity (Wildman–Crippen MR) is 160 cm³/mol. The summed E-state index contributed by atoms with van der Waals surface area (Å²) in [6.07, 6.45) is 0.693. The highest BCUT2D eigenvalue weighted by Crippen LogP contribution is 2.50. The van der Waals surface area contributed by atoms with Crippen LogP contribution in [-0.2, 0) is 11.2 Å². The van der Waals surface area contributed by atoms with Gasteiger partial charge in [0.05, 0.1) is 30.0 Å². The minimum absolute atomic E-state index is 0.0389. The van der Waals surface area contributed by atoms with Crippen molar-refractivity contribution in [1.29, 1.82) is 0 Å². The van der Waals surface area contributed by atoms with Gasteiger partial charge in [0.25, 0.3) is 6.43 Å². The van der Waals surface area contributed by atoms with Crippen LogP contribution in [0.2, 0.25) is 0 Å². The summed E-state index contributed by atoms with van der Waals surface area (Å²) in [4.78, 5) is 6.39. The average molecular weight is 641 g/mol. The van der Waals surface area contributed by atoms with Crippen LogP contribution in [0.1, 0.15) is 29.5 Å². The number of nitrogens with zero attached hydrogens (tertiary/aromatic N) is 4. The molecule has 3 heterocycles. The fraction of sp³-hybridized carbons (Fsp3) is 0.481. The van der Waals surface area contributed by atoms with E-state index in [1.54, 1.807) is 26.4 Å². The van der Waals surface area contributed by atoms with E-state index in [0.717, 1.165) is 54.2 Å². The number of fused-ring (bicyclic) bond motifs is 2. The molecule has 2 unspecified atom stereocenters. The van der Waals surface area contributed by atoms with Crippen molar-refractivity contribution >= 4 is 56.6 Å². The third kappa shape index (κ3) is 4.94. The summed E-state index contributed by atoms with van der Waals surface area (Å²) in [5.41, 5.74) is 12.5. The third-order valence-corrected chi connectivity index (χ3v) is 8.27. The second-order valence-corrected chi connectivity index (χ2v) is 11.6. The second kappa shape index (κ2) is 10.8. The molecule has 0 aliphatic carbocycles. The third-order valence-electron chi connectivity index (χ3n) is 7.60. The maximum absolute atomic E-state index is 14.4. The Morgan fingerprint density at radius 3 is 2.58 bits per heavy atom. The average Bonchev–Trinajstić information content (AvgIpc) is 3.13. The molecule has 11 heteroatoms. The summed E-state index contributed by atoms with van der Waals surface area (Å²) in [5, 5.41) is 16.5. The lowest BCUT2D eigenvalue weighted by atomic mass is 9.91. The van der Waals surface area contributed by atoms with Crippen LogP contribution in [0.4, 0.5) is 37.2 Å². The number of hydrogen-bond acceptors (Lipinski definition) is 7. The molecule has 3 aliphatic rings. The van der Waals surface area contributed by atoms with E-state index in [4.69, 9.17) is 10.5 Å². The predicted octanol–water partition coefficient (Wildman–Crippen LogP) is 4.67. The molecule has 8 nitrogen and oxygen atoms in total. The van der Waals surface area contributed by atoms with Crippen molar-refractivity contribution in [3.05, 3.63) is 52.4 Å². The first-order chi connectivity index (χ1) is 18.1. The number of hydrogen-bond donors (Lipinski definition) is 2. The molecule has 1 fully saturated rings. The highest BCUT2D eigenvalue weighted by molar-refractivity contribution is 14.1. The molecule has 2 aromatic carbocycles. The summed E-state index contributed by atoms with van der Waals surface area (Å²) in [6.45, 7) is 3.72. The Balaban J connectivity index is 1.66. The standard InChI is InChI=1S/C27H35F2IN6O2/c1-32-15-21(27(30)31)19-11-17-5-4-6-35(22(17)14-20(19)26(28)29)18-12-23(34-7-9-38-10-8-34)25-24(13-18)36(3,37)16-33(25)2/h11-15,26-27,32H,4-10,16,31H2,1-3H3/b21-15-. The number of halogens is 3. The molecule has 0 saturated carbocycles. The topological polar surface area (TPSA) is 80.1 Å². The molecule has 0 spiro atoms. The van der Waals surface area contributed by atoms with Gasteiger partial charge in [0.2, 0.25) is 0 Å². The first kappa shape index (κ1) is 27.4. The van der Waals surface area contributed by atoms with E-state index in [1.807, 2.05) is 24.1 Å². The summed E-state index contributed by atoms with van der Waals surface area (Å²) < 4.78 is 33.5. The molecule has 3 N–H and O–H groups in total. The Hall–Kier alpha value is -2.19. The van der Waals surface area contributed by atoms with Crippen LogP contribution < -0.4 is 30.4 Å². The minimum atomic E-state index is -2.66. The quantitative estimate of drug-likeness (QED) is 0.156. The van der Waals surface area contributed by atoms with E-state index in [-0.39, 0.29) is 5.56 Å². The fourth-order valence-electron chi connectivity index (χ4n) is 5.90. The Bertz CT molecular complexity index is 1230. The summed E-state index contributed by atoms with van der Waals surface area (Å²) in [5.74, 6) is 0. The lowest BCUT2D eigenvalue weighted by Crippen LogP contribution is -2.40. The van der Waals surface area contributed by atoms with Crippen LogP contribution in [-0.4, -0.2) is 64.7 Å². The van der Waals surface area contributed by atoms with E-state index in [0.29, 0.717) is 43.3 Å². The second-order valence-electron chi connectivity index (χ2n) is 10.3. The molecule has 0 bridgehead atoms. The molecule has 38 heavy (non-hydrogen) atoms. The van der Waals surface area contributed by atoms with Crippen molar-refractivity contribution in [3.8, 4) is 0 Å². The Morgan fingerprint density at radius 1 is 1.18 bits per heavy atom. The van der Waals surface area contributed by atoms with Crippen molar-refractivity contribution in [2.24, 2.45) is 5.73 Å². The molecule has 0 amide bonds. The molecule has 3 aliphatic heterocycles. The molecule has 0 aromatic heterocycles. The van der Waals surface area contributed by atoms with Crippen molar-refractivity contribution in [3.63, 3.8) is 0 Å². The molecular formula is C27H35F2IN6O2. The number of aryl methyl sites for hydroxylation is 1. The van der Waals surface area contributed by atoms with Crippen LogP contribution in [0.5, 0.6) is 0 Å². The van der Waals surface area contributed by atoms with Crippen molar-refractivity contribution in [2.75, 3.05) is 75.4 Å². The van der Waals surface area contributed by atoms with Gasteiger partial charge in [-0.05, 0) is 42.2 Å². The van der Waals surface area contributed by atoms with Gasteiger partial charge in [-0.15, -0.1) is 0 Å². The van der Waals surface area contributed by atoms with Crippen molar-refractivity contribution < 1.29 is 13.5 Å². The Labute approximate surface area is 236 Å². The smallest absolute Gasteiger partial charge is 0.264 e. The van der Waals surface area contributed by atoms with Gasteiger partial charge in [-0.3, -0.25) is 0 Å². The number of nitrogens with two attached hydrogens (primary N) is 1. The zero-order chi connectivity index (χ0) is 27.2. The number of hydroxylamine groups is 2. The SMILES string of the molecule is CN/C=C(/c1cc2c(cc1C(F)F)N(c1cc(N3CCOCC3)c3c(c1)[N+](C)([O-])CN3C)CCC2)C(N)I. The van der Waals surface area contributed by atoms with Crippen molar-refractivity contribution in [1.82, 2.24) is 9.96 Å². The van der Waals surface area contributed by atoms with Crippen LogP contribution in [0.25, 0.3) is 5.57 Å². The van der Waals surface area contributed by atoms with Gasteiger partial charge in [0.15, 0.2) is 12.4 Å². The lowest BCUT2D eigenvalue weighted by Gasteiger charge is -2.37. The van der Waals surface area contributed by atoms with Gasteiger partial charge in [0, 0.05) is 68.5 Å². The first-order valence-electron chi connectivity index (χ1n) is 12.9. The van der Waals surface area contributed by atoms with Gasteiger partial charge in [-0.1, -0.05) is 22.6 Å². The molecular weight excluding hydrogens is 605 g/mol. The number of morpholine rings is 1. The minimum Gasteiger partial charge on any atom is -0.626 e. The maximum atomic E-state index is 14.4. The van der Waals surface area contributed by atoms with Gasteiger partial charge in [0.1, 0.15) is 5.69 Å². The van der Waals surface area contributed by atoms with Gasteiger partial charge >= 0.3 is 0 Å². The fourth-order valence-corrected chi connectivity index (χ4v) is 6.42. The van der Waals surface area contributed by atoms with Crippen LogP contribution >= 0.6 is 22.6 Å². The number of ether oxygens (including phenoxy) is 1. The maximum Gasteiger partial charge on any atom is 0.264 e. The first-order valence-corrected chi connectivity index (χ1v) is 14.2. The van der Waals surface area contributed by atoms with E-state index in [2.05, 4.69) is 43.8 Å². The molecule has 2 aromatic rings. The van der Waals surface area contributed by atoms with Gasteiger partial charge in [-0.25, -0.2) is 8.78 Å². The Morgan fingerprint density at radius 2 is 1.92 bits per heavy atom. The molecule has 1 saturated heterocycles. The number of nitrogens with one attached hydrogen (secondary N) is 1. The van der Waals surface area contributed by atoms with Gasteiger partial charge < -0.3 is 40.3 Å². The molecule has 0 radical (unpaired) electrons. The van der Waals surface area contributed by atoms with Crippen LogP contribution in [0, 0.1) is 5.21 Å². The number of anilines is 4. The Kier molecular flexibility index (Phi) is 7.75. The lowest BCUT2D eigenvalue weighted by molar-refractivity contribution is 0.123. The van der Waals surface area contributed by atoms with Gasteiger partial charge in [-0.2, -0.15) is 0 Å². The number of benzene rings is 2. The normalized spacial score (nSPS) is 22.6. The largest absolute Gasteiger partial charge is 0.626 e. The van der Waals surface area contributed by atoms with E-state index in [1.165, 1.54) is 0 Å². The number of rotatable bonds is 6. The highest BCUT2D eigenvalue weighted by atomic mass is 127. The monoisotopic (exact) mass is 640 g/mol. The zero-order valence-electron chi connectivity index (χ0n) is 22.0. The van der Waals surface area contributed by atoms with E-state index in [9.17, 15) is 14.0 Å². The van der Waals surface area contributed by atoms with Crippen LogP contribution in [0.3, 0.4) is 0 Å². The highest BCUT2D eigenvalue weighted by Gasteiger charge is 2.37. The number of quaternary nitrogens is 1. The summed E-state index contributed by atoms with van der Waals surface area (Å²) in [7, 11) is 5.36. The zero-order valence-corrected chi connectivity index (χ0v) is 24.2. The summed E-state index contributed by atoms with van der Waals surface area (Å²) >= 11 is 2.05. The van der Waals surface area contributed by atoms with E-state index >= 15 is 0 Å². The molecule has 2 atom stereocenters. The molecule has 5 rings (SSSR count). The van der Waals surface area contributed by atoms with Crippen molar-refractivity contribution in [2.45, 2.75) is 23.3 Å². The van der Waals surface area contributed by atoms with E-state index < -0.39 is 15.1 Å². The molecule has 206 valence electrons.